The summed E-state index contributed by atoms with van der Waals surface area (Å²) in [5, 5.41) is 0. The number of nitrogens with one attached hydrogen (secondary N) is 1. The van der Waals surface area contributed by atoms with Gasteiger partial charge in [-0.3, -0.25) is 15.2 Å². The van der Waals surface area contributed by atoms with E-state index in [2.05, 4.69) is 4.98 Å². The zero-order valence-electron chi connectivity index (χ0n) is 6.06. The Morgan fingerprint density at radius 2 is 2.17 bits per heavy atom. The number of aromatic nitrogens is 1. The van der Waals surface area contributed by atoms with Gasteiger partial charge in [0.05, 0.1) is 5.56 Å². The third kappa shape index (κ3) is 3.52. The molecule has 1 aromatic heterocycles. The van der Waals surface area contributed by atoms with Crippen molar-refractivity contribution < 1.29 is 4.79 Å². The van der Waals surface area contributed by atoms with Crippen molar-refractivity contribution >= 4 is 30.7 Å². The van der Waals surface area contributed by atoms with Gasteiger partial charge in [-0.05, 0) is 12.1 Å². The van der Waals surface area contributed by atoms with Gasteiger partial charge in [-0.25, -0.2) is 5.84 Å². The lowest BCUT2D eigenvalue weighted by atomic mass is 10.3. The van der Waals surface area contributed by atoms with Gasteiger partial charge < -0.3 is 0 Å². The van der Waals surface area contributed by atoms with E-state index in [0.717, 1.165) is 0 Å². The molecule has 0 aliphatic rings. The highest BCUT2D eigenvalue weighted by Gasteiger charge is 1.99. The fraction of sp³-hybridized carbons (Fsp3) is 0. The van der Waals surface area contributed by atoms with Crippen molar-refractivity contribution in [3.63, 3.8) is 0 Å². The monoisotopic (exact) mass is 209 g/mol. The topological polar surface area (TPSA) is 68.0 Å². The number of hydrogen-bond acceptors (Lipinski definition) is 3. The molecular weight excluding hydrogens is 201 g/mol. The molecule has 0 aliphatic carbocycles. The molecule has 1 aromatic rings. The molecule has 0 unspecified atom stereocenters. The predicted octanol–water partition coefficient (Wildman–Crippen LogP) is 0.529. The first-order chi connectivity index (χ1) is 4.84. The Morgan fingerprint density at radius 1 is 1.50 bits per heavy atom. The fourth-order valence-corrected chi connectivity index (χ4v) is 0.580. The maximum absolute atomic E-state index is 10.7. The van der Waals surface area contributed by atoms with E-state index in [9.17, 15) is 4.79 Å². The average Bonchev–Trinajstić information content (AvgIpc) is 2.05. The van der Waals surface area contributed by atoms with Crippen LogP contribution in [0.3, 0.4) is 0 Å². The van der Waals surface area contributed by atoms with Crippen LogP contribution in [0.2, 0.25) is 0 Å². The molecule has 1 amide bonds. The number of hydrazine groups is 1. The van der Waals surface area contributed by atoms with Gasteiger partial charge in [-0.1, -0.05) is 0 Å². The second kappa shape index (κ2) is 6.84. The van der Waals surface area contributed by atoms with E-state index in [1.807, 2.05) is 5.43 Å². The molecule has 68 valence electrons. The Balaban J connectivity index is 0. The fourth-order valence-electron chi connectivity index (χ4n) is 0.580. The molecule has 0 saturated heterocycles. The molecule has 0 aliphatic heterocycles. The van der Waals surface area contributed by atoms with Crippen LogP contribution in [0.25, 0.3) is 0 Å². The number of nitrogens with two attached hydrogens (primary N) is 1. The van der Waals surface area contributed by atoms with Gasteiger partial charge in [-0.15, -0.1) is 24.8 Å². The van der Waals surface area contributed by atoms with Crippen LogP contribution in [0.4, 0.5) is 0 Å². The van der Waals surface area contributed by atoms with E-state index >= 15 is 0 Å². The summed E-state index contributed by atoms with van der Waals surface area (Å²) in [6, 6.07) is 3.31. The summed E-state index contributed by atoms with van der Waals surface area (Å²) in [6.07, 6.45) is 3.04. The second-order valence-corrected chi connectivity index (χ2v) is 1.72. The van der Waals surface area contributed by atoms with Crippen LogP contribution in [0.15, 0.2) is 24.5 Å². The lowest BCUT2D eigenvalue weighted by Gasteiger charge is -1.95. The lowest BCUT2D eigenvalue weighted by Crippen LogP contribution is -2.29. The van der Waals surface area contributed by atoms with Crippen LogP contribution < -0.4 is 11.3 Å². The zero-order valence-corrected chi connectivity index (χ0v) is 7.69. The molecule has 0 fully saturated rings. The summed E-state index contributed by atoms with van der Waals surface area (Å²) in [4.78, 5) is 14.5. The molecule has 6 heteroatoms. The van der Waals surface area contributed by atoms with Crippen molar-refractivity contribution in [3.8, 4) is 0 Å². The number of hydrogen-bond donors (Lipinski definition) is 2. The van der Waals surface area contributed by atoms with E-state index in [0.29, 0.717) is 5.56 Å². The number of pyridine rings is 1. The summed E-state index contributed by atoms with van der Waals surface area (Å²) in [5.74, 6) is 4.55. The normalized spacial score (nSPS) is 7.42. The number of nitrogen functional groups attached to an aromatic ring is 1. The van der Waals surface area contributed by atoms with Gasteiger partial charge in [0.15, 0.2) is 0 Å². The highest BCUT2D eigenvalue weighted by molar-refractivity contribution is 5.93. The van der Waals surface area contributed by atoms with Crippen molar-refractivity contribution in [3.05, 3.63) is 30.1 Å². The van der Waals surface area contributed by atoms with Crippen molar-refractivity contribution in [1.29, 1.82) is 0 Å². The van der Waals surface area contributed by atoms with Crippen LogP contribution in [0.5, 0.6) is 0 Å². The van der Waals surface area contributed by atoms with Crippen molar-refractivity contribution in [2.75, 3.05) is 0 Å². The van der Waals surface area contributed by atoms with Gasteiger partial charge in [0.2, 0.25) is 0 Å². The van der Waals surface area contributed by atoms with E-state index in [4.69, 9.17) is 5.84 Å². The summed E-state index contributed by atoms with van der Waals surface area (Å²) in [6.45, 7) is 0. The summed E-state index contributed by atoms with van der Waals surface area (Å²) in [5.41, 5.74) is 2.47. The number of nitrogens with zero attached hydrogens (tertiary/aromatic N) is 1. The SMILES string of the molecule is Cl.Cl.NNC(=O)c1cccnc1. The first-order valence-electron chi connectivity index (χ1n) is 2.75. The molecule has 4 nitrogen and oxygen atoms in total. The third-order valence-electron chi connectivity index (χ3n) is 1.05. The van der Waals surface area contributed by atoms with Crippen LogP contribution in [0.1, 0.15) is 10.4 Å². The number of rotatable bonds is 1. The predicted molar refractivity (Wildman–Crippen MR) is 50.4 cm³/mol. The first kappa shape index (κ1) is 13.7. The minimum Gasteiger partial charge on any atom is -0.290 e. The summed E-state index contributed by atoms with van der Waals surface area (Å²) in [7, 11) is 0. The average molecular weight is 210 g/mol. The van der Waals surface area contributed by atoms with Gasteiger partial charge in [0.25, 0.3) is 5.91 Å². The van der Waals surface area contributed by atoms with E-state index in [1.54, 1.807) is 18.3 Å². The van der Waals surface area contributed by atoms with E-state index in [1.165, 1.54) is 6.20 Å². The Kier molecular flexibility index (Phi) is 7.83. The van der Waals surface area contributed by atoms with Crippen molar-refractivity contribution in [1.82, 2.24) is 10.4 Å². The Hall–Kier alpha value is -0.840. The van der Waals surface area contributed by atoms with Crippen LogP contribution in [0, 0.1) is 0 Å². The molecule has 0 bridgehead atoms. The Morgan fingerprint density at radius 3 is 2.58 bits per heavy atom. The maximum atomic E-state index is 10.7. The van der Waals surface area contributed by atoms with Gasteiger partial charge in [-0.2, -0.15) is 0 Å². The van der Waals surface area contributed by atoms with Gasteiger partial charge in [0, 0.05) is 12.4 Å². The molecule has 0 atom stereocenters. The van der Waals surface area contributed by atoms with Crippen molar-refractivity contribution in [2.45, 2.75) is 0 Å². The standard InChI is InChI=1S/C6H7N3O.2ClH/c7-9-6(10)5-2-1-3-8-4-5;;/h1-4H,7H2,(H,9,10);2*1H. The summed E-state index contributed by atoms with van der Waals surface area (Å²) < 4.78 is 0. The highest BCUT2D eigenvalue weighted by atomic mass is 35.5. The smallest absolute Gasteiger partial charge is 0.266 e. The molecule has 3 N–H and O–H groups in total. The molecule has 0 saturated carbocycles. The van der Waals surface area contributed by atoms with Crippen LogP contribution in [-0.2, 0) is 0 Å². The molecular formula is C6H9Cl2N3O. The number of amides is 1. The number of carbonyl (C=O) groups excluding carboxylic acids is 1. The van der Waals surface area contributed by atoms with Crippen molar-refractivity contribution in [2.24, 2.45) is 5.84 Å². The molecule has 0 spiro atoms. The molecule has 0 radical (unpaired) electrons. The van der Waals surface area contributed by atoms with Gasteiger partial charge >= 0.3 is 0 Å². The van der Waals surface area contributed by atoms with E-state index < -0.39 is 0 Å². The van der Waals surface area contributed by atoms with Gasteiger partial charge in [0.1, 0.15) is 0 Å². The largest absolute Gasteiger partial charge is 0.290 e. The number of halogens is 2. The summed E-state index contributed by atoms with van der Waals surface area (Å²) >= 11 is 0. The number of carbonyl (C=O) groups is 1. The molecule has 0 aromatic carbocycles. The molecule has 12 heavy (non-hydrogen) atoms. The Bertz CT molecular complexity index is 229. The van der Waals surface area contributed by atoms with E-state index in [-0.39, 0.29) is 30.7 Å². The quantitative estimate of drug-likeness (QED) is 0.403. The second-order valence-electron chi connectivity index (χ2n) is 1.72. The third-order valence-corrected chi connectivity index (χ3v) is 1.05. The molecule has 1 heterocycles. The minimum absolute atomic E-state index is 0. The lowest BCUT2D eigenvalue weighted by molar-refractivity contribution is 0.0953. The van der Waals surface area contributed by atoms with Crippen LogP contribution in [-0.4, -0.2) is 10.9 Å². The maximum Gasteiger partial charge on any atom is 0.266 e. The Labute approximate surface area is 82.3 Å². The molecule has 1 rings (SSSR count). The highest BCUT2D eigenvalue weighted by Crippen LogP contribution is 1.92. The zero-order chi connectivity index (χ0) is 7.40. The van der Waals surface area contributed by atoms with Crippen LogP contribution >= 0.6 is 24.8 Å². The first-order valence-corrected chi connectivity index (χ1v) is 2.75. The minimum atomic E-state index is -0.326.